The molecule has 0 amide bonds. The van der Waals surface area contributed by atoms with E-state index in [1.54, 1.807) is 7.11 Å². The minimum absolute atomic E-state index is 0. The van der Waals surface area contributed by atoms with E-state index < -0.39 is 0 Å². The number of halogens is 1. The van der Waals surface area contributed by atoms with Crippen LogP contribution in [0.25, 0.3) is 5.65 Å². The zero-order valence-electron chi connectivity index (χ0n) is 18.8. The Balaban J connectivity index is 0.00000289. The molecule has 32 heavy (non-hydrogen) atoms. The van der Waals surface area contributed by atoms with Crippen LogP contribution in [-0.4, -0.2) is 60.6 Å². The van der Waals surface area contributed by atoms with Crippen molar-refractivity contribution in [3.63, 3.8) is 0 Å². The highest BCUT2D eigenvalue weighted by Crippen LogP contribution is 2.31. The molecule has 1 aliphatic heterocycles. The maximum absolute atomic E-state index is 5.65. The van der Waals surface area contributed by atoms with Gasteiger partial charge in [-0.25, -0.2) is 4.98 Å². The number of hydrogen-bond donors (Lipinski definition) is 2. The second-order valence-electron chi connectivity index (χ2n) is 7.83. The molecule has 2 aromatic heterocycles. The molecule has 3 heterocycles. The van der Waals surface area contributed by atoms with Crippen molar-refractivity contribution in [2.24, 2.45) is 4.99 Å². The summed E-state index contributed by atoms with van der Waals surface area (Å²) in [6, 6.07) is 14.6. The van der Waals surface area contributed by atoms with Gasteiger partial charge in [-0.1, -0.05) is 24.3 Å². The van der Waals surface area contributed by atoms with Crippen molar-refractivity contribution in [3.05, 3.63) is 66.1 Å². The fourth-order valence-electron chi connectivity index (χ4n) is 4.26. The van der Waals surface area contributed by atoms with Gasteiger partial charge in [-0.15, -0.1) is 24.0 Å². The summed E-state index contributed by atoms with van der Waals surface area (Å²) in [5.74, 6) is 1.75. The van der Waals surface area contributed by atoms with Crippen molar-refractivity contribution in [2.75, 3.05) is 40.3 Å². The van der Waals surface area contributed by atoms with Crippen LogP contribution in [0.4, 0.5) is 0 Å². The van der Waals surface area contributed by atoms with Crippen LogP contribution < -0.4 is 15.4 Å². The van der Waals surface area contributed by atoms with Gasteiger partial charge in [0.2, 0.25) is 0 Å². The molecule has 1 saturated heterocycles. The summed E-state index contributed by atoms with van der Waals surface area (Å²) in [5, 5.41) is 6.95. The predicted molar refractivity (Wildman–Crippen MR) is 140 cm³/mol. The van der Waals surface area contributed by atoms with Gasteiger partial charge in [0, 0.05) is 44.5 Å². The van der Waals surface area contributed by atoms with Crippen LogP contribution in [-0.2, 0) is 6.42 Å². The number of rotatable bonds is 8. The van der Waals surface area contributed by atoms with Gasteiger partial charge in [0.1, 0.15) is 11.4 Å². The number of nitrogens with one attached hydrogen (secondary N) is 2. The highest BCUT2D eigenvalue weighted by molar-refractivity contribution is 14.0. The van der Waals surface area contributed by atoms with Crippen molar-refractivity contribution >= 4 is 35.6 Å². The van der Waals surface area contributed by atoms with E-state index in [1.165, 1.54) is 18.4 Å². The molecule has 3 aromatic rings. The molecule has 1 aliphatic rings. The van der Waals surface area contributed by atoms with Crippen LogP contribution in [0.15, 0.2) is 59.9 Å². The Bertz CT molecular complexity index is 981. The largest absolute Gasteiger partial charge is 0.496 e. The number of nitrogens with zero attached hydrogens (tertiary/aromatic N) is 4. The number of hydrogen-bond acceptors (Lipinski definition) is 4. The standard InChI is InChI=1S/C24H32N6O.HI/c1-25-24(26-13-12-19-18-30-16-6-5-11-23(30)28-19)27-17-21(29-14-7-8-15-29)20-9-3-4-10-22(20)31-2;/h3-6,9-11,16,18,21H,7-8,12-15,17H2,1-2H3,(H2,25,26,27);1H. The molecule has 1 aromatic carbocycles. The second-order valence-corrected chi connectivity index (χ2v) is 7.83. The minimum Gasteiger partial charge on any atom is -0.496 e. The number of likely N-dealkylation sites (tertiary alicyclic amines) is 1. The highest BCUT2D eigenvalue weighted by atomic mass is 127. The molecule has 8 heteroatoms. The number of pyridine rings is 1. The highest BCUT2D eigenvalue weighted by Gasteiger charge is 2.26. The van der Waals surface area contributed by atoms with Gasteiger partial charge in [0.25, 0.3) is 0 Å². The Labute approximate surface area is 207 Å². The average molecular weight is 548 g/mol. The zero-order valence-corrected chi connectivity index (χ0v) is 21.2. The average Bonchev–Trinajstić information content (AvgIpc) is 3.48. The molecule has 0 spiro atoms. The van der Waals surface area contributed by atoms with Crippen LogP contribution >= 0.6 is 24.0 Å². The van der Waals surface area contributed by atoms with Crippen LogP contribution in [0.3, 0.4) is 0 Å². The Hall–Kier alpha value is -2.33. The van der Waals surface area contributed by atoms with Crippen LogP contribution in [0.1, 0.15) is 30.1 Å². The molecule has 172 valence electrons. The van der Waals surface area contributed by atoms with E-state index in [4.69, 9.17) is 4.74 Å². The number of para-hydroxylation sites is 1. The summed E-state index contributed by atoms with van der Waals surface area (Å²) in [7, 11) is 3.56. The summed E-state index contributed by atoms with van der Waals surface area (Å²) >= 11 is 0. The smallest absolute Gasteiger partial charge is 0.191 e. The van der Waals surface area contributed by atoms with Gasteiger partial charge in [-0.3, -0.25) is 9.89 Å². The number of imidazole rings is 1. The fraction of sp³-hybridized carbons (Fsp3) is 0.417. The molecule has 2 N–H and O–H groups in total. The first kappa shape index (κ1) is 24.3. The van der Waals surface area contributed by atoms with Crippen LogP contribution in [0.5, 0.6) is 5.75 Å². The first-order valence-corrected chi connectivity index (χ1v) is 11.0. The normalized spacial score (nSPS) is 15.4. The number of aliphatic imine (C=N–C) groups is 1. The Morgan fingerprint density at radius 2 is 1.91 bits per heavy atom. The molecule has 1 fully saturated rings. The maximum atomic E-state index is 5.65. The van der Waals surface area contributed by atoms with Crippen molar-refractivity contribution in [1.82, 2.24) is 24.9 Å². The van der Waals surface area contributed by atoms with E-state index in [-0.39, 0.29) is 30.0 Å². The summed E-state index contributed by atoms with van der Waals surface area (Å²) in [6.07, 6.45) is 7.44. The maximum Gasteiger partial charge on any atom is 0.191 e. The van der Waals surface area contributed by atoms with Gasteiger partial charge < -0.3 is 19.8 Å². The third-order valence-electron chi connectivity index (χ3n) is 5.85. The van der Waals surface area contributed by atoms with Crippen molar-refractivity contribution in [1.29, 1.82) is 0 Å². The predicted octanol–water partition coefficient (Wildman–Crippen LogP) is 3.51. The van der Waals surface area contributed by atoms with Gasteiger partial charge in [-0.2, -0.15) is 0 Å². The van der Waals surface area contributed by atoms with E-state index in [9.17, 15) is 0 Å². The number of guanidine groups is 1. The SMILES string of the molecule is CN=C(NCCc1cn2ccccc2n1)NCC(c1ccccc1OC)N1CCCC1.I. The molecule has 0 saturated carbocycles. The van der Waals surface area contributed by atoms with E-state index in [0.717, 1.165) is 55.7 Å². The summed E-state index contributed by atoms with van der Waals surface area (Å²) in [4.78, 5) is 11.6. The number of ether oxygens (including phenoxy) is 1. The monoisotopic (exact) mass is 548 g/mol. The zero-order chi connectivity index (χ0) is 21.5. The molecule has 0 aliphatic carbocycles. The van der Waals surface area contributed by atoms with Crippen molar-refractivity contribution < 1.29 is 4.74 Å². The first-order chi connectivity index (χ1) is 15.3. The van der Waals surface area contributed by atoms with E-state index >= 15 is 0 Å². The quantitative estimate of drug-likeness (QED) is 0.256. The molecule has 4 rings (SSSR count). The molecule has 1 unspecified atom stereocenters. The summed E-state index contributed by atoms with van der Waals surface area (Å²) in [5.41, 5.74) is 3.27. The van der Waals surface area contributed by atoms with Gasteiger partial charge in [0.15, 0.2) is 5.96 Å². The van der Waals surface area contributed by atoms with Gasteiger partial charge >= 0.3 is 0 Å². The second kappa shape index (κ2) is 12.1. The number of aromatic nitrogens is 2. The number of benzene rings is 1. The van der Waals surface area contributed by atoms with Gasteiger partial charge in [-0.05, 0) is 44.1 Å². The lowest BCUT2D eigenvalue weighted by molar-refractivity contribution is 0.239. The first-order valence-electron chi connectivity index (χ1n) is 11.0. The van der Waals surface area contributed by atoms with Gasteiger partial charge in [0.05, 0.1) is 18.8 Å². The molecule has 7 nitrogen and oxygen atoms in total. The number of methoxy groups -OCH3 is 1. The van der Waals surface area contributed by atoms with Crippen molar-refractivity contribution in [2.45, 2.75) is 25.3 Å². The van der Waals surface area contributed by atoms with Crippen LogP contribution in [0, 0.1) is 0 Å². The lowest BCUT2D eigenvalue weighted by Crippen LogP contribution is -2.43. The molecular weight excluding hydrogens is 515 g/mol. The van der Waals surface area contributed by atoms with E-state index in [0.29, 0.717) is 0 Å². The molecule has 1 atom stereocenters. The molecule has 0 radical (unpaired) electrons. The van der Waals surface area contributed by atoms with E-state index in [2.05, 4.69) is 48.2 Å². The topological polar surface area (TPSA) is 66.2 Å². The lowest BCUT2D eigenvalue weighted by Gasteiger charge is -2.30. The van der Waals surface area contributed by atoms with Crippen LogP contribution in [0.2, 0.25) is 0 Å². The Morgan fingerprint density at radius 1 is 1.12 bits per heavy atom. The molecule has 0 bridgehead atoms. The Kier molecular flexibility index (Phi) is 9.16. The molecular formula is C24H33IN6O. The summed E-state index contributed by atoms with van der Waals surface area (Å²) < 4.78 is 7.70. The van der Waals surface area contributed by atoms with Crippen molar-refractivity contribution in [3.8, 4) is 5.75 Å². The third-order valence-corrected chi connectivity index (χ3v) is 5.85. The lowest BCUT2D eigenvalue weighted by atomic mass is 10.0. The fourth-order valence-corrected chi connectivity index (χ4v) is 4.26. The Morgan fingerprint density at radius 3 is 2.66 bits per heavy atom. The number of fused-ring (bicyclic) bond motifs is 1. The third kappa shape index (κ3) is 5.92. The summed E-state index contributed by atoms with van der Waals surface area (Å²) in [6.45, 7) is 3.77. The minimum atomic E-state index is 0. The van der Waals surface area contributed by atoms with E-state index in [1.807, 2.05) is 43.6 Å².